The van der Waals surface area contributed by atoms with Crippen LogP contribution in [-0.4, -0.2) is 65.1 Å². The Morgan fingerprint density at radius 1 is 0.758 bits per heavy atom. The molecule has 0 aromatic heterocycles. The van der Waals surface area contributed by atoms with Crippen molar-refractivity contribution >= 4 is 28.5 Å². The number of imide groups is 1. The van der Waals surface area contributed by atoms with E-state index >= 15 is 0 Å². The minimum Gasteiger partial charge on any atom is -0.340 e. The van der Waals surface area contributed by atoms with Gasteiger partial charge in [-0.2, -0.15) is 0 Å². The normalized spacial score (nSPS) is 16.5. The van der Waals surface area contributed by atoms with Crippen LogP contribution in [0.25, 0.3) is 10.8 Å². The van der Waals surface area contributed by atoms with E-state index in [1.807, 2.05) is 47.4 Å². The molecule has 0 unspecified atom stereocenters. The number of piperazine rings is 1. The Balaban J connectivity index is 1.14. The van der Waals surface area contributed by atoms with Gasteiger partial charge in [0.25, 0.3) is 11.8 Å². The molecule has 168 valence electrons. The molecule has 3 amide bonds. The standard InChI is InChI=1S/C27H27N3O3/c31-24(29-17-15-28(16-18-29)19-20-7-2-1-3-8-20)13-6-14-30-26(32)22-11-4-9-21-10-5-12-23(25(21)22)27(30)33/h1-5,7-12H,6,13-19H2. The first-order chi connectivity index (χ1) is 16.1. The van der Waals surface area contributed by atoms with E-state index in [-0.39, 0.29) is 24.3 Å². The van der Waals surface area contributed by atoms with Crippen LogP contribution in [0.2, 0.25) is 0 Å². The van der Waals surface area contributed by atoms with Crippen molar-refractivity contribution < 1.29 is 14.4 Å². The second-order valence-corrected chi connectivity index (χ2v) is 8.72. The molecule has 2 aliphatic rings. The summed E-state index contributed by atoms with van der Waals surface area (Å²) < 4.78 is 0. The SMILES string of the molecule is O=C(CCCN1C(=O)c2cccc3cccc(c23)C1=O)N1CCN(Cc2ccccc2)CC1. The van der Waals surface area contributed by atoms with Gasteiger partial charge in [0.2, 0.25) is 5.91 Å². The minimum atomic E-state index is -0.272. The first kappa shape index (κ1) is 21.3. The average Bonchev–Trinajstić information content (AvgIpc) is 2.85. The number of carbonyl (C=O) groups excluding carboxylic acids is 3. The Hall–Kier alpha value is -3.51. The van der Waals surface area contributed by atoms with E-state index in [0.717, 1.165) is 30.4 Å². The molecule has 2 aliphatic heterocycles. The molecular weight excluding hydrogens is 414 g/mol. The topological polar surface area (TPSA) is 60.9 Å². The molecule has 3 aromatic carbocycles. The molecule has 33 heavy (non-hydrogen) atoms. The number of hydrogen-bond acceptors (Lipinski definition) is 4. The van der Waals surface area contributed by atoms with E-state index in [1.165, 1.54) is 10.5 Å². The van der Waals surface area contributed by atoms with Crippen LogP contribution in [0, 0.1) is 0 Å². The summed E-state index contributed by atoms with van der Waals surface area (Å²) in [6.07, 6.45) is 0.806. The lowest BCUT2D eigenvalue weighted by Crippen LogP contribution is -2.48. The Kier molecular flexibility index (Phi) is 5.92. The maximum Gasteiger partial charge on any atom is 0.261 e. The first-order valence-electron chi connectivity index (χ1n) is 11.5. The molecule has 0 atom stereocenters. The minimum absolute atomic E-state index is 0.0915. The largest absolute Gasteiger partial charge is 0.340 e. The van der Waals surface area contributed by atoms with E-state index in [0.29, 0.717) is 37.1 Å². The molecule has 0 bridgehead atoms. The molecule has 0 radical (unpaired) electrons. The molecule has 0 aliphatic carbocycles. The third-order valence-corrected chi connectivity index (χ3v) is 6.60. The van der Waals surface area contributed by atoms with E-state index in [1.54, 1.807) is 12.1 Å². The van der Waals surface area contributed by atoms with Gasteiger partial charge >= 0.3 is 0 Å². The number of carbonyl (C=O) groups is 3. The van der Waals surface area contributed by atoms with Crippen molar-refractivity contribution in [3.8, 4) is 0 Å². The number of benzene rings is 3. The van der Waals surface area contributed by atoms with Gasteiger partial charge in [-0.3, -0.25) is 24.2 Å². The highest BCUT2D eigenvalue weighted by Gasteiger charge is 2.32. The number of hydrogen-bond donors (Lipinski definition) is 0. The van der Waals surface area contributed by atoms with Gasteiger partial charge in [-0.05, 0) is 29.5 Å². The molecule has 6 nitrogen and oxygen atoms in total. The van der Waals surface area contributed by atoms with Crippen LogP contribution in [0.15, 0.2) is 66.7 Å². The van der Waals surface area contributed by atoms with Crippen LogP contribution >= 0.6 is 0 Å². The fourth-order valence-corrected chi connectivity index (χ4v) is 4.83. The van der Waals surface area contributed by atoms with E-state index in [4.69, 9.17) is 0 Å². The van der Waals surface area contributed by atoms with E-state index in [9.17, 15) is 14.4 Å². The van der Waals surface area contributed by atoms with Crippen molar-refractivity contribution in [2.45, 2.75) is 19.4 Å². The molecule has 1 saturated heterocycles. The predicted molar refractivity (Wildman–Crippen MR) is 127 cm³/mol. The molecule has 6 heteroatoms. The van der Waals surface area contributed by atoms with Crippen molar-refractivity contribution in [1.82, 2.24) is 14.7 Å². The quantitative estimate of drug-likeness (QED) is 0.549. The maximum absolute atomic E-state index is 13.0. The third kappa shape index (κ3) is 4.26. The fourth-order valence-electron chi connectivity index (χ4n) is 4.83. The van der Waals surface area contributed by atoms with Gasteiger partial charge < -0.3 is 4.90 Å². The van der Waals surface area contributed by atoms with Gasteiger partial charge in [0.1, 0.15) is 0 Å². The molecule has 2 heterocycles. The molecule has 0 saturated carbocycles. The van der Waals surface area contributed by atoms with Gasteiger partial charge in [-0.15, -0.1) is 0 Å². The zero-order valence-corrected chi connectivity index (χ0v) is 18.6. The number of amides is 3. The summed E-state index contributed by atoms with van der Waals surface area (Å²) in [5, 5.41) is 1.63. The van der Waals surface area contributed by atoms with Crippen molar-refractivity contribution in [2.75, 3.05) is 32.7 Å². The number of nitrogens with zero attached hydrogens (tertiary/aromatic N) is 3. The summed E-state index contributed by atoms with van der Waals surface area (Å²) in [6, 6.07) is 21.4. The molecule has 5 rings (SSSR count). The lowest BCUT2D eigenvalue weighted by Gasteiger charge is -2.35. The maximum atomic E-state index is 13.0. The van der Waals surface area contributed by atoms with Gasteiger partial charge in [0.05, 0.1) is 0 Å². The lowest BCUT2D eigenvalue weighted by molar-refractivity contribution is -0.133. The van der Waals surface area contributed by atoms with Gasteiger partial charge in [0.15, 0.2) is 0 Å². The van der Waals surface area contributed by atoms with Crippen LogP contribution in [-0.2, 0) is 11.3 Å². The van der Waals surface area contributed by atoms with E-state index < -0.39 is 0 Å². The number of rotatable bonds is 6. The summed E-state index contributed by atoms with van der Waals surface area (Å²) in [5.41, 5.74) is 2.40. The summed E-state index contributed by atoms with van der Waals surface area (Å²) in [5.74, 6) is -0.452. The molecule has 3 aromatic rings. The van der Waals surface area contributed by atoms with Crippen molar-refractivity contribution in [2.24, 2.45) is 0 Å². The molecule has 0 N–H and O–H groups in total. The molecule has 1 fully saturated rings. The first-order valence-corrected chi connectivity index (χ1v) is 11.5. The van der Waals surface area contributed by atoms with E-state index in [2.05, 4.69) is 17.0 Å². The zero-order chi connectivity index (χ0) is 22.8. The summed E-state index contributed by atoms with van der Waals surface area (Å²) in [7, 11) is 0. The van der Waals surface area contributed by atoms with Gasteiger partial charge in [0, 0.05) is 62.2 Å². The highest BCUT2D eigenvalue weighted by molar-refractivity contribution is 6.25. The molecule has 0 spiro atoms. The van der Waals surface area contributed by atoms with Crippen molar-refractivity contribution in [3.63, 3.8) is 0 Å². The van der Waals surface area contributed by atoms with Crippen LogP contribution < -0.4 is 0 Å². The van der Waals surface area contributed by atoms with Crippen molar-refractivity contribution in [3.05, 3.63) is 83.4 Å². The Labute approximate surface area is 193 Å². The monoisotopic (exact) mass is 441 g/mol. The smallest absolute Gasteiger partial charge is 0.261 e. The zero-order valence-electron chi connectivity index (χ0n) is 18.6. The fraction of sp³-hybridized carbons (Fsp3) is 0.296. The summed E-state index contributed by atoms with van der Waals surface area (Å²) in [4.78, 5) is 44.3. The average molecular weight is 442 g/mol. The summed E-state index contributed by atoms with van der Waals surface area (Å²) in [6.45, 7) is 4.28. The van der Waals surface area contributed by atoms with Crippen LogP contribution in [0.1, 0.15) is 39.1 Å². The lowest BCUT2D eigenvalue weighted by atomic mass is 9.94. The van der Waals surface area contributed by atoms with Gasteiger partial charge in [-0.1, -0.05) is 54.6 Å². The second kappa shape index (κ2) is 9.16. The second-order valence-electron chi connectivity index (χ2n) is 8.72. The third-order valence-electron chi connectivity index (χ3n) is 6.60. The predicted octanol–water partition coefficient (Wildman–Crippen LogP) is 3.56. The highest BCUT2D eigenvalue weighted by atomic mass is 16.2. The Morgan fingerprint density at radius 2 is 1.39 bits per heavy atom. The van der Waals surface area contributed by atoms with Crippen molar-refractivity contribution in [1.29, 1.82) is 0 Å². The van der Waals surface area contributed by atoms with Crippen LogP contribution in [0.5, 0.6) is 0 Å². The Bertz CT molecular complexity index is 1150. The van der Waals surface area contributed by atoms with Crippen LogP contribution in [0.4, 0.5) is 0 Å². The Morgan fingerprint density at radius 3 is 2.03 bits per heavy atom. The van der Waals surface area contributed by atoms with Gasteiger partial charge in [-0.25, -0.2) is 0 Å². The molecular formula is C27H27N3O3. The van der Waals surface area contributed by atoms with Crippen LogP contribution in [0.3, 0.4) is 0 Å². The summed E-state index contributed by atoms with van der Waals surface area (Å²) >= 11 is 0. The highest BCUT2D eigenvalue weighted by Crippen LogP contribution is 2.30.